The van der Waals surface area contributed by atoms with E-state index in [1.165, 1.54) is 0 Å². The molecule has 1 aromatic heterocycles. The largest absolute Gasteiger partial charge is 0.439 e. The van der Waals surface area contributed by atoms with Crippen molar-refractivity contribution in [2.24, 2.45) is 0 Å². The van der Waals surface area contributed by atoms with E-state index in [9.17, 15) is 4.79 Å². The molecule has 0 aliphatic heterocycles. The predicted molar refractivity (Wildman–Crippen MR) is 106 cm³/mol. The molecule has 138 valence electrons. The smallest absolute Gasteiger partial charge is 0.251 e. The topological polar surface area (TPSA) is 64.1 Å². The zero-order valence-corrected chi connectivity index (χ0v) is 15.6. The lowest BCUT2D eigenvalue weighted by molar-refractivity contribution is 0.0953. The Hall–Kier alpha value is -3.21. The second-order valence-electron chi connectivity index (χ2n) is 6.32. The number of hydrogen-bond acceptors (Lipinski definition) is 4. The van der Waals surface area contributed by atoms with E-state index in [0.717, 1.165) is 24.0 Å². The summed E-state index contributed by atoms with van der Waals surface area (Å²) in [4.78, 5) is 20.8. The molecule has 3 rings (SSSR count). The first kappa shape index (κ1) is 18.6. The molecular weight excluding hydrogens is 338 g/mol. The van der Waals surface area contributed by atoms with Gasteiger partial charge in [-0.25, -0.2) is 4.98 Å². The van der Waals surface area contributed by atoms with Crippen molar-refractivity contribution >= 4 is 5.91 Å². The Labute approximate surface area is 159 Å². The number of rotatable bonds is 7. The minimum atomic E-state index is -0.0706. The summed E-state index contributed by atoms with van der Waals surface area (Å²) < 4.78 is 5.82. The number of carbonyl (C=O) groups excluding carboxylic acids is 1. The summed E-state index contributed by atoms with van der Waals surface area (Å²) in [5.41, 5.74) is 2.70. The molecule has 0 aliphatic rings. The minimum absolute atomic E-state index is 0.0706. The Morgan fingerprint density at radius 1 is 1.11 bits per heavy atom. The third-order valence-corrected chi connectivity index (χ3v) is 4.06. The SMILES string of the molecule is CCCCNC(=O)c1ccc(Oc2ccnc(-c3cccc(C)c3)n2)cc1. The van der Waals surface area contributed by atoms with Gasteiger partial charge in [0.25, 0.3) is 5.91 Å². The maximum atomic E-state index is 12.0. The van der Waals surface area contributed by atoms with Crippen molar-refractivity contribution in [1.82, 2.24) is 15.3 Å². The van der Waals surface area contributed by atoms with Crippen LogP contribution < -0.4 is 10.1 Å². The summed E-state index contributed by atoms with van der Waals surface area (Å²) in [5.74, 6) is 1.62. The summed E-state index contributed by atoms with van der Waals surface area (Å²) in [6.45, 7) is 4.82. The van der Waals surface area contributed by atoms with Crippen LogP contribution in [0.15, 0.2) is 60.8 Å². The van der Waals surface area contributed by atoms with Crippen molar-refractivity contribution in [2.45, 2.75) is 26.7 Å². The van der Waals surface area contributed by atoms with Crippen LogP contribution in [0, 0.1) is 6.92 Å². The van der Waals surface area contributed by atoms with Crippen LogP contribution in [0.25, 0.3) is 11.4 Å². The van der Waals surface area contributed by atoms with Gasteiger partial charge in [-0.1, -0.05) is 37.1 Å². The van der Waals surface area contributed by atoms with Crippen LogP contribution in [0.4, 0.5) is 0 Å². The van der Waals surface area contributed by atoms with Crippen LogP contribution in [-0.4, -0.2) is 22.4 Å². The summed E-state index contributed by atoms with van der Waals surface area (Å²) >= 11 is 0. The number of nitrogens with zero attached hydrogens (tertiary/aromatic N) is 2. The first-order chi connectivity index (χ1) is 13.2. The molecule has 5 heteroatoms. The molecule has 0 bridgehead atoms. The van der Waals surface area contributed by atoms with E-state index < -0.39 is 0 Å². The van der Waals surface area contributed by atoms with E-state index >= 15 is 0 Å². The molecular formula is C22H23N3O2. The lowest BCUT2D eigenvalue weighted by atomic mass is 10.1. The molecule has 1 heterocycles. The van der Waals surface area contributed by atoms with Gasteiger partial charge in [0, 0.05) is 29.9 Å². The molecule has 0 saturated heterocycles. The van der Waals surface area contributed by atoms with Crippen LogP contribution in [0.1, 0.15) is 35.7 Å². The molecule has 27 heavy (non-hydrogen) atoms. The minimum Gasteiger partial charge on any atom is -0.439 e. The van der Waals surface area contributed by atoms with Gasteiger partial charge >= 0.3 is 0 Å². The van der Waals surface area contributed by atoms with Crippen LogP contribution in [0.3, 0.4) is 0 Å². The molecule has 0 spiro atoms. The van der Waals surface area contributed by atoms with Gasteiger partial charge in [0.2, 0.25) is 5.88 Å². The fourth-order valence-corrected chi connectivity index (χ4v) is 2.60. The average molecular weight is 361 g/mol. The first-order valence-corrected chi connectivity index (χ1v) is 9.12. The fourth-order valence-electron chi connectivity index (χ4n) is 2.60. The lowest BCUT2D eigenvalue weighted by Gasteiger charge is -2.08. The number of amides is 1. The number of aromatic nitrogens is 2. The van der Waals surface area contributed by atoms with Crippen molar-refractivity contribution < 1.29 is 9.53 Å². The van der Waals surface area contributed by atoms with E-state index in [1.54, 1.807) is 36.5 Å². The second-order valence-corrected chi connectivity index (χ2v) is 6.32. The van der Waals surface area contributed by atoms with Gasteiger partial charge in [-0.05, 0) is 43.7 Å². The van der Waals surface area contributed by atoms with Gasteiger partial charge in [-0.15, -0.1) is 0 Å². The van der Waals surface area contributed by atoms with Gasteiger partial charge < -0.3 is 10.1 Å². The molecule has 1 N–H and O–H groups in total. The van der Waals surface area contributed by atoms with Crippen molar-refractivity contribution in [3.8, 4) is 23.0 Å². The van der Waals surface area contributed by atoms with Crippen LogP contribution >= 0.6 is 0 Å². The molecule has 1 amide bonds. The van der Waals surface area contributed by atoms with Gasteiger partial charge in [-0.2, -0.15) is 4.98 Å². The van der Waals surface area contributed by atoms with Gasteiger partial charge in [0.05, 0.1) is 0 Å². The number of nitrogens with one attached hydrogen (secondary N) is 1. The van der Waals surface area contributed by atoms with Crippen LogP contribution in [0.2, 0.25) is 0 Å². The number of ether oxygens (including phenoxy) is 1. The molecule has 0 saturated carbocycles. The predicted octanol–water partition coefficient (Wildman–Crippen LogP) is 4.77. The molecule has 0 aliphatic carbocycles. The summed E-state index contributed by atoms with van der Waals surface area (Å²) in [6.07, 6.45) is 3.70. The van der Waals surface area contributed by atoms with Crippen molar-refractivity contribution in [3.63, 3.8) is 0 Å². The highest BCUT2D eigenvalue weighted by Crippen LogP contribution is 2.23. The molecule has 2 aromatic carbocycles. The zero-order valence-electron chi connectivity index (χ0n) is 15.6. The van der Waals surface area contributed by atoms with Crippen molar-refractivity contribution in [1.29, 1.82) is 0 Å². The maximum absolute atomic E-state index is 12.0. The highest BCUT2D eigenvalue weighted by molar-refractivity contribution is 5.94. The highest BCUT2D eigenvalue weighted by Gasteiger charge is 2.07. The monoisotopic (exact) mass is 361 g/mol. The number of unbranched alkanes of at least 4 members (excludes halogenated alkanes) is 1. The second kappa shape index (κ2) is 8.94. The third kappa shape index (κ3) is 5.14. The summed E-state index contributed by atoms with van der Waals surface area (Å²) in [7, 11) is 0. The summed E-state index contributed by atoms with van der Waals surface area (Å²) in [6, 6.07) is 16.8. The van der Waals surface area contributed by atoms with Crippen LogP contribution in [0.5, 0.6) is 11.6 Å². The van der Waals surface area contributed by atoms with Crippen molar-refractivity contribution in [2.75, 3.05) is 6.54 Å². The van der Waals surface area contributed by atoms with Gasteiger partial charge in [0.1, 0.15) is 5.75 Å². The average Bonchev–Trinajstić information content (AvgIpc) is 2.69. The Kier molecular flexibility index (Phi) is 6.15. The van der Waals surface area contributed by atoms with Gasteiger partial charge in [0.15, 0.2) is 5.82 Å². The Bertz CT molecular complexity index is 907. The van der Waals surface area contributed by atoms with E-state index in [4.69, 9.17) is 4.74 Å². The van der Waals surface area contributed by atoms with E-state index in [2.05, 4.69) is 22.2 Å². The van der Waals surface area contributed by atoms with Crippen molar-refractivity contribution in [3.05, 3.63) is 71.9 Å². The number of benzene rings is 2. The Morgan fingerprint density at radius 2 is 1.93 bits per heavy atom. The maximum Gasteiger partial charge on any atom is 0.251 e. The van der Waals surface area contributed by atoms with Crippen LogP contribution in [-0.2, 0) is 0 Å². The first-order valence-electron chi connectivity index (χ1n) is 9.12. The Balaban J connectivity index is 1.69. The number of aryl methyl sites for hydroxylation is 1. The molecule has 5 nitrogen and oxygen atoms in total. The number of carbonyl (C=O) groups is 1. The molecule has 0 atom stereocenters. The lowest BCUT2D eigenvalue weighted by Crippen LogP contribution is -2.24. The molecule has 3 aromatic rings. The molecule has 0 fully saturated rings. The summed E-state index contributed by atoms with van der Waals surface area (Å²) in [5, 5.41) is 2.90. The van der Waals surface area contributed by atoms with Gasteiger partial charge in [-0.3, -0.25) is 4.79 Å². The molecule has 0 radical (unpaired) electrons. The fraction of sp³-hybridized carbons (Fsp3) is 0.227. The van der Waals surface area contributed by atoms with E-state index in [0.29, 0.717) is 29.6 Å². The third-order valence-electron chi connectivity index (χ3n) is 4.06. The quantitative estimate of drug-likeness (QED) is 0.616. The normalized spacial score (nSPS) is 10.4. The zero-order chi connectivity index (χ0) is 19.1. The Morgan fingerprint density at radius 3 is 2.67 bits per heavy atom. The highest BCUT2D eigenvalue weighted by atomic mass is 16.5. The molecule has 0 unspecified atom stereocenters. The van der Waals surface area contributed by atoms with E-state index in [1.807, 2.05) is 31.2 Å². The number of hydrogen-bond donors (Lipinski definition) is 1. The standard InChI is InChI=1S/C22H23N3O2/c1-3-4-13-24-22(26)17-8-10-19(11-9-17)27-20-12-14-23-21(25-20)18-7-5-6-16(2)15-18/h5-12,14-15H,3-4,13H2,1-2H3,(H,24,26). The van der Waals surface area contributed by atoms with E-state index in [-0.39, 0.29) is 5.91 Å².